The van der Waals surface area contributed by atoms with Gasteiger partial charge in [0, 0.05) is 31.5 Å². The Morgan fingerprint density at radius 1 is 1.18 bits per heavy atom. The molecule has 1 fully saturated rings. The molecule has 0 bridgehead atoms. The van der Waals surface area contributed by atoms with Crippen LogP contribution in [0.2, 0.25) is 0 Å². The van der Waals surface area contributed by atoms with Gasteiger partial charge in [-0.2, -0.15) is 0 Å². The van der Waals surface area contributed by atoms with Crippen LogP contribution in [-0.2, 0) is 9.59 Å². The number of hydrazine groups is 1. The van der Waals surface area contributed by atoms with Crippen LogP contribution in [0.4, 0.5) is 13.2 Å². The van der Waals surface area contributed by atoms with Crippen molar-refractivity contribution in [3.05, 3.63) is 47.0 Å². The molecule has 1 unspecified atom stereocenters. The molecule has 1 atom stereocenters. The van der Waals surface area contributed by atoms with Crippen molar-refractivity contribution >= 4 is 11.8 Å². The fourth-order valence-corrected chi connectivity index (χ4v) is 3.41. The summed E-state index contributed by atoms with van der Waals surface area (Å²) in [5, 5.41) is 6.10. The zero-order chi connectivity index (χ0) is 20.4. The van der Waals surface area contributed by atoms with Gasteiger partial charge in [-0.15, -0.1) is 0 Å². The molecule has 1 saturated heterocycles. The standard InChI is InChI=1S/C19H23F3N4O2/c1-3-17(27)23-8-14-10-24(4-2)11-26(14)25-9-13(7-18(25)28)12-5-15(20)19(22)16(21)6-12/h5-6,10,13H,3-4,7-9,11H2,1-2H3,(H,23,27). The lowest BCUT2D eigenvalue weighted by Gasteiger charge is -2.32. The van der Waals surface area contributed by atoms with Crippen LogP contribution in [0.25, 0.3) is 0 Å². The summed E-state index contributed by atoms with van der Waals surface area (Å²) in [6, 6.07) is 1.89. The van der Waals surface area contributed by atoms with E-state index in [1.807, 2.05) is 18.0 Å². The summed E-state index contributed by atoms with van der Waals surface area (Å²) in [4.78, 5) is 26.2. The van der Waals surface area contributed by atoms with Crippen LogP contribution >= 0.6 is 0 Å². The number of nitrogens with zero attached hydrogens (tertiary/aromatic N) is 3. The summed E-state index contributed by atoms with van der Waals surface area (Å²) < 4.78 is 40.4. The molecule has 0 saturated carbocycles. The number of rotatable bonds is 6. The van der Waals surface area contributed by atoms with Crippen LogP contribution in [0.3, 0.4) is 0 Å². The van der Waals surface area contributed by atoms with E-state index in [1.54, 1.807) is 11.9 Å². The zero-order valence-electron chi connectivity index (χ0n) is 15.8. The largest absolute Gasteiger partial charge is 0.357 e. The van der Waals surface area contributed by atoms with Crippen molar-refractivity contribution in [3.63, 3.8) is 0 Å². The minimum absolute atomic E-state index is 0.0712. The van der Waals surface area contributed by atoms with E-state index in [-0.39, 0.29) is 36.9 Å². The Balaban J connectivity index is 1.76. The summed E-state index contributed by atoms with van der Waals surface area (Å²) >= 11 is 0. The molecule has 1 aromatic rings. The number of halogens is 3. The number of carbonyl (C=O) groups is 2. The second-order valence-corrected chi connectivity index (χ2v) is 6.87. The normalized spacial score (nSPS) is 19.5. The van der Waals surface area contributed by atoms with Crippen molar-refractivity contribution in [2.24, 2.45) is 0 Å². The van der Waals surface area contributed by atoms with Gasteiger partial charge in [0.15, 0.2) is 17.5 Å². The number of hydrogen-bond acceptors (Lipinski definition) is 4. The molecule has 1 aromatic carbocycles. The number of nitrogens with one attached hydrogen (secondary N) is 1. The lowest BCUT2D eigenvalue weighted by atomic mass is 9.98. The Morgan fingerprint density at radius 3 is 2.46 bits per heavy atom. The molecule has 28 heavy (non-hydrogen) atoms. The summed E-state index contributed by atoms with van der Waals surface area (Å²) in [5.41, 5.74) is 1.01. The van der Waals surface area contributed by atoms with Crippen LogP contribution < -0.4 is 5.32 Å². The molecule has 0 aromatic heterocycles. The number of carbonyl (C=O) groups excluding carboxylic acids is 2. The van der Waals surface area contributed by atoms with Gasteiger partial charge in [0.05, 0.1) is 18.8 Å². The third-order valence-corrected chi connectivity index (χ3v) is 5.04. The van der Waals surface area contributed by atoms with Gasteiger partial charge in [-0.3, -0.25) is 19.6 Å². The highest BCUT2D eigenvalue weighted by atomic mass is 19.2. The minimum Gasteiger partial charge on any atom is -0.357 e. The molecule has 2 amide bonds. The summed E-state index contributed by atoms with van der Waals surface area (Å²) in [6.07, 6.45) is 2.31. The third-order valence-electron chi connectivity index (χ3n) is 5.04. The van der Waals surface area contributed by atoms with Crippen molar-refractivity contribution in [2.45, 2.75) is 32.6 Å². The molecule has 0 spiro atoms. The Hall–Kier alpha value is -2.71. The van der Waals surface area contributed by atoms with Gasteiger partial charge in [-0.25, -0.2) is 13.2 Å². The average molecular weight is 396 g/mol. The molecular formula is C19H23F3N4O2. The maximum atomic E-state index is 13.6. The van der Waals surface area contributed by atoms with Crippen molar-refractivity contribution in [2.75, 3.05) is 26.3 Å². The molecule has 152 valence electrons. The Kier molecular flexibility index (Phi) is 5.81. The number of hydrogen-bond donors (Lipinski definition) is 1. The fourth-order valence-electron chi connectivity index (χ4n) is 3.41. The van der Waals surface area contributed by atoms with Crippen molar-refractivity contribution in [1.29, 1.82) is 0 Å². The SMILES string of the molecule is CCC(=O)NCC1=CN(CC)CN1N1CC(c2cc(F)c(F)c(F)c2)CC1=O. The first-order valence-corrected chi connectivity index (χ1v) is 9.27. The lowest BCUT2D eigenvalue weighted by Crippen LogP contribution is -2.45. The van der Waals surface area contributed by atoms with Crippen molar-refractivity contribution in [3.8, 4) is 0 Å². The molecule has 1 N–H and O–H groups in total. The molecular weight excluding hydrogens is 373 g/mol. The third kappa shape index (κ3) is 3.93. The van der Waals surface area contributed by atoms with Gasteiger partial charge in [-0.1, -0.05) is 6.92 Å². The Morgan fingerprint density at radius 2 is 1.86 bits per heavy atom. The quantitative estimate of drug-likeness (QED) is 0.750. The van der Waals surface area contributed by atoms with E-state index in [2.05, 4.69) is 5.32 Å². The summed E-state index contributed by atoms with van der Waals surface area (Å²) in [7, 11) is 0. The van der Waals surface area contributed by atoms with Gasteiger partial charge < -0.3 is 10.2 Å². The summed E-state index contributed by atoms with van der Waals surface area (Å²) in [5.74, 6) is -4.78. The van der Waals surface area contributed by atoms with Gasteiger partial charge >= 0.3 is 0 Å². The van der Waals surface area contributed by atoms with E-state index in [4.69, 9.17) is 0 Å². The second-order valence-electron chi connectivity index (χ2n) is 6.87. The predicted molar refractivity (Wildman–Crippen MR) is 95.9 cm³/mol. The van der Waals surface area contributed by atoms with Crippen LogP contribution in [-0.4, -0.2) is 53.0 Å². The summed E-state index contributed by atoms with van der Waals surface area (Å²) in [6.45, 7) is 5.39. The predicted octanol–water partition coefficient (Wildman–Crippen LogP) is 2.30. The zero-order valence-corrected chi connectivity index (χ0v) is 15.8. The van der Waals surface area contributed by atoms with Crippen molar-refractivity contribution < 1.29 is 22.8 Å². The molecule has 2 heterocycles. The van der Waals surface area contributed by atoms with E-state index in [9.17, 15) is 22.8 Å². The van der Waals surface area contributed by atoms with Gasteiger partial charge in [0.2, 0.25) is 11.8 Å². The smallest absolute Gasteiger partial charge is 0.241 e. The highest BCUT2D eigenvalue weighted by molar-refractivity contribution is 5.79. The average Bonchev–Trinajstić information content (AvgIpc) is 3.26. The molecule has 0 aliphatic carbocycles. The first-order valence-electron chi connectivity index (χ1n) is 9.27. The fraction of sp³-hybridized carbons (Fsp3) is 0.474. The Labute approximate surface area is 161 Å². The number of amides is 2. The topological polar surface area (TPSA) is 55.9 Å². The molecule has 0 radical (unpaired) electrons. The second kappa shape index (κ2) is 8.12. The minimum atomic E-state index is -1.51. The van der Waals surface area contributed by atoms with Gasteiger partial charge in [-0.05, 0) is 24.6 Å². The molecule has 6 nitrogen and oxygen atoms in total. The first-order chi connectivity index (χ1) is 13.3. The van der Waals surface area contributed by atoms with Crippen LogP contribution in [0, 0.1) is 17.5 Å². The molecule has 2 aliphatic heterocycles. The Bertz CT molecular complexity index is 791. The van der Waals surface area contributed by atoms with Crippen molar-refractivity contribution in [1.82, 2.24) is 20.2 Å². The van der Waals surface area contributed by atoms with E-state index in [0.29, 0.717) is 13.1 Å². The number of benzene rings is 1. The molecule has 3 rings (SSSR count). The highest BCUT2D eigenvalue weighted by Crippen LogP contribution is 2.33. The van der Waals surface area contributed by atoms with E-state index in [0.717, 1.165) is 24.4 Å². The molecule has 2 aliphatic rings. The van der Waals surface area contributed by atoms with Crippen LogP contribution in [0.15, 0.2) is 24.0 Å². The highest BCUT2D eigenvalue weighted by Gasteiger charge is 2.38. The van der Waals surface area contributed by atoms with E-state index in [1.165, 1.54) is 5.01 Å². The van der Waals surface area contributed by atoms with Gasteiger partial charge in [0.1, 0.15) is 6.67 Å². The first kappa shape index (κ1) is 20.0. The van der Waals surface area contributed by atoms with Crippen LogP contribution in [0.5, 0.6) is 0 Å². The van der Waals surface area contributed by atoms with Crippen LogP contribution in [0.1, 0.15) is 38.2 Å². The van der Waals surface area contributed by atoms with E-state index >= 15 is 0 Å². The maximum absolute atomic E-state index is 13.6. The lowest BCUT2D eigenvalue weighted by molar-refractivity contribution is -0.141. The monoisotopic (exact) mass is 396 g/mol. The van der Waals surface area contributed by atoms with Gasteiger partial charge in [0.25, 0.3) is 0 Å². The molecule has 9 heteroatoms. The maximum Gasteiger partial charge on any atom is 0.241 e. The van der Waals surface area contributed by atoms with E-state index < -0.39 is 23.4 Å².